The van der Waals surface area contributed by atoms with Crippen LogP contribution in [0.2, 0.25) is 0 Å². The topological polar surface area (TPSA) is 73.0 Å². The molecule has 3 N–H and O–H groups in total. The molecule has 3 aliphatic heterocycles. The molecule has 1 amide bonds. The lowest BCUT2D eigenvalue weighted by Crippen LogP contribution is -2.50. The first-order chi connectivity index (χ1) is 12.3. The van der Waals surface area contributed by atoms with Gasteiger partial charge in [-0.05, 0) is 24.5 Å². The molecule has 130 valence electrons. The zero-order valence-corrected chi connectivity index (χ0v) is 14.2. The first-order valence-electron chi connectivity index (χ1n) is 9.15. The van der Waals surface area contributed by atoms with Gasteiger partial charge < -0.3 is 20.5 Å². The van der Waals surface area contributed by atoms with E-state index in [4.69, 9.17) is 0 Å². The van der Waals surface area contributed by atoms with E-state index >= 15 is 0 Å². The van der Waals surface area contributed by atoms with E-state index in [1.54, 1.807) is 6.33 Å². The largest absolute Gasteiger partial charge is 0.384 e. The van der Waals surface area contributed by atoms with Crippen molar-refractivity contribution in [2.24, 2.45) is 0 Å². The lowest BCUT2D eigenvalue weighted by molar-refractivity contribution is -0.135. The maximum Gasteiger partial charge on any atom is 0.246 e. The molecule has 1 unspecified atom stereocenters. The number of likely N-dealkylation sites (tertiary alicyclic amines) is 1. The van der Waals surface area contributed by atoms with E-state index in [0.29, 0.717) is 0 Å². The molecule has 1 fully saturated rings. The molecule has 4 heterocycles. The van der Waals surface area contributed by atoms with E-state index < -0.39 is 0 Å². The Morgan fingerprint density at radius 3 is 2.96 bits per heavy atom. The summed E-state index contributed by atoms with van der Waals surface area (Å²) in [5.41, 5.74) is 4.85. The highest BCUT2D eigenvalue weighted by Gasteiger charge is 2.43. The molecule has 0 aliphatic carbocycles. The van der Waals surface area contributed by atoms with Crippen LogP contribution in [0.15, 0.2) is 30.6 Å². The molecular formula is C19H23N5O. The van der Waals surface area contributed by atoms with Crippen LogP contribution in [0.1, 0.15) is 35.8 Å². The Kier molecular flexibility index (Phi) is 3.35. The third kappa shape index (κ3) is 2.28. The van der Waals surface area contributed by atoms with Gasteiger partial charge in [-0.15, -0.1) is 0 Å². The molecule has 0 saturated carbocycles. The van der Waals surface area contributed by atoms with Crippen molar-refractivity contribution in [1.82, 2.24) is 20.2 Å². The number of hydrogen-bond acceptors (Lipinski definition) is 4. The number of carbonyl (C=O) groups is 1. The van der Waals surface area contributed by atoms with Crippen LogP contribution >= 0.6 is 0 Å². The SMILES string of the molecule is O=C(C1NCCc2[nH]cnc21)N1CCC2(CC1)CNc1ccccc12. The van der Waals surface area contributed by atoms with Gasteiger partial charge in [0.1, 0.15) is 6.04 Å². The highest BCUT2D eigenvalue weighted by Crippen LogP contribution is 2.44. The van der Waals surface area contributed by atoms with Crippen molar-refractivity contribution in [2.45, 2.75) is 30.7 Å². The molecule has 25 heavy (non-hydrogen) atoms. The highest BCUT2D eigenvalue weighted by atomic mass is 16.2. The number of nitrogens with zero attached hydrogens (tertiary/aromatic N) is 2. The van der Waals surface area contributed by atoms with Crippen LogP contribution < -0.4 is 10.6 Å². The van der Waals surface area contributed by atoms with Gasteiger partial charge in [-0.25, -0.2) is 4.98 Å². The summed E-state index contributed by atoms with van der Waals surface area (Å²) in [6.45, 7) is 3.43. The van der Waals surface area contributed by atoms with Gasteiger partial charge in [0.25, 0.3) is 0 Å². The van der Waals surface area contributed by atoms with E-state index in [1.807, 2.05) is 4.90 Å². The van der Waals surface area contributed by atoms with Crippen molar-refractivity contribution in [1.29, 1.82) is 0 Å². The van der Waals surface area contributed by atoms with Crippen LogP contribution in [0.3, 0.4) is 0 Å². The third-order valence-electron chi connectivity index (χ3n) is 6.14. The molecule has 1 atom stereocenters. The number of anilines is 1. The number of nitrogens with one attached hydrogen (secondary N) is 3. The molecule has 0 bridgehead atoms. The van der Waals surface area contributed by atoms with Gasteiger partial charge in [-0.3, -0.25) is 4.79 Å². The number of carbonyl (C=O) groups excluding carboxylic acids is 1. The summed E-state index contributed by atoms with van der Waals surface area (Å²) in [5, 5.41) is 6.90. The van der Waals surface area contributed by atoms with Crippen molar-refractivity contribution >= 4 is 11.6 Å². The monoisotopic (exact) mass is 337 g/mol. The van der Waals surface area contributed by atoms with E-state index in [1.165, 1.54) is 11.3 Å². The minimum Gasteiger partial charge on any atom is -0.384 e. The van der Waals surface area contributed by atoms with Gasteiger partial charge in [-0.2, -0.15) is 0 Å². The Labute approximate surface area is 147 Å². The number of fused-ring (bicyclic) bond motifs is 3. The summed E-state index contributed by atoms with van der Waals surface area (Å²) in [5.74, 6) is 0.169. The standard InChI is InChI=1S/C19H23N5O/c25-18(17-16-15(5-8-20-17)22-12-23-16)24-9-6-19(7-10-24)11-21-14-4-2-1-3-13(14)19/h1-4,12,17,20-21H,5-11H2,(H,22,23). The number of imidazole rings is 1. The van der Waals surface area contributed by atoms with Crippen LogP contribution in [-0.2, 0) is 16.6 Å². The first kappa shape index (κ1) is 15.0. The molecule has 5 rings (SSSR count). The van der Waals surface area contributed by atoms with E-state index in [-0.39, 0.29) is 17.4 Å². The van der Waals surface area contributed by atoms with Gasteiger partial charge >= 0.3 is 0 Å². The lowest BCUT2D eigenvalue weighted by atomic mass is 9.74. The van der Waals surface area contributed by atoms with Crippen LogP contribution in [0, 0.1) is 0 Å². The number of hydrogen-bond donors (Lipinski definition) is 3. The van der Waals surface area contributed by atoms with Gasteiger partial charge in [-0.1, -0.05) is 18.2 Å². The summed E-state index contributed by atoms with van der Waals surface area (Å²) < 4.78 is 0. The smallest absolute Gasteiger partial charge is 0.246 e. The van der Waals surface area contributed by atoms with Crippen molar-refractivity contribution in [3.63, 3.8) is 0 Å². The van der Waals surface area contributed by atoms with Crippen LogP contribution in [-0.4, -0.2) is 47.0 Å². The molecule has 2 aromatic rings. The Morgan fingerprint density at radius 2 is 2.08 bits per heavy atom. The summed E-state index contributed by atoms with van der Waals surface area (Å²) in [4.78, 5) is 22.6. The Balaban J connectivity index is 1.33. The second-order valence-corrected chi connectivity index (χ2v) is 7.41. The van der Waals surface area contributed by atoms with Crippen LogP contribution in [0.25, 0.3) is 0 Å². The third-order valence-corrected chi connectivity index (χ3v) is 6.14. The number of benzene rings is 1. The van der Waals surface area contributed by atoms with Gasteiger partial charge in [0.05, 0.1) is 12.0 Å². The number of piperidine rings is 1. The maximum absolute atomic E-state index is 13.1. The van der Waals surface area contributed by atoms with Gasteiger partial charge in [0.2, 0.25) is 5.91 Å². The Morgan fingerprint density at radius 1 is 1.24 bits per heavy atom. The second kappa shape index (κ2) is 5.59. The summed E-state index contributed by atoms with van der Waals surface area (Å²) in [6.07, 6.45) is 4.64. The van der Waals surface area contributed by atoms with E-state index in [0.717, 1.165) is 56.8 Å². The zero-order valence-electron chi connectivity index (χ0n) is 14.2. The highest BCUT2D eigenvalue weighted by molar-refractivity contribution is 5.83. The molecule has 3 aliphatic rings. The van der Waals surface area contributed by atoms with E-state index in [9.17, 15) is 4.79 Å². The maximum atomic E-state index is 13.1. The van der Waals surface area contributed by atoms with Gasteiger partial charge in [0.15, 0.2) is 0 Å². The summed E-state index contributed by atoms with van der Waals surface area (Å²) >= 11 is 0. The van der Waals surface area contributed by atoms with Crippen molar-refractivity contribution < 1.29 is 4.79 Å². The average Bonchev–Trinajstić information content (AvgIpc) is 3.28. The predicted octanol–water partition coefficient (Wildman–Crippen LogP) is 1.58. The molecule has 1 spiro atoms. The Hall–Kier alpha value is -2.34. The number of para-hydroxylation sites is 1. The van der Waals surface area contributed by atoms with Crippen molar-refractivity contribution in [3.8, 4) is 0 Å². The second-order valence-electron chi connectivity index (χ2n) is 7.41. The number of aromatic amines is 1. The fourth-order valence-electron chi connectivity index (χ4n) is 4.67. The van der Waals surface area contributed by atoms with E-state index in [2.05, 4.69) is 44.9 Å². The van der Waals surface area contributed by atoms with Crippen LogP contribution in [0.5, 0.6) is 0 Å². The molecule has 1 saturated heterocycles. The molecule has 1 aromatic heterocycles. The average molecular weight is 337 g/mol. The van der Waals surface area contributed by atoms with Crippen molar-refractivity contribution in [3.05, 3.63) is 47.5 Å². The quantitative estimate of drug-likeness (QED) is 0.739. The fourth-order valence-corrected chi connectivity index (χ4v) is 4.67. The molecular weight excluding hydrogens is 314 g/mol. The summed E-state index contributed by atoms with van der Waals surface area (Å²) in [7, 11) is 0. The van der Waals surface area contributed by atoms with Crippen LogP contribution in [0.4, 0.5) is 5.69 Å². The van der Waals surface area contributed by atoms with Gasteiger partial charge in [0, 0.05) is 49.4 Å². The minimum absolute atomic E-state index is 0.169. The normalized spacial score (nSPS) is 23.8. The number of H-pyrrole nitrogens is 1. The molecule has 6 heteroatoms. The molecule has 1 aromatic carbocycles. The predicted molar refractivity (Wildman–Crippen MR) is 95.5 cm³/mol. The minimum atomic E-state index is -0.293. The number of amides is 1. The molecule has 6 nitrogen and oxygen atoms in total. The number of aromatic nitrogens is 2. The lowest BCUT2D eigenvalue weighted by Gasteiger charge is -2.40. The van der Waals surface area contributed by atoms with Crippen molar-refractivity contribution in [2.75, 3.05) is 31.5 Å². The Bertz CT molecular complexity index is 806. The number of rotatable bonds is 1. The fraction of sp³-hybridized carbons (Fsp3) is 0.474. The molecule has 0 radical (unpaired) electrons. The zero-order chi connectivity index (χ0) is 16.9. The summed E-state index contributed by atoms with van der Waals surface area (Å²) in [6, 6.07) is 8.31. The first-order valence-corrected chi connectivity index (χ1v) is 9.15.